The predicted octanol–water partition coefficient (Wildman–Crippen LogP) is 5.95. The second kappa shape index (κ2) is 7.41. The van der Waals surface area contributed by atoms with Gasteiger partial charge in [-0.25, -0.2) is 0 Å². The lowest BCUT2D eigenvalue weighted by Crippen LogP contribution is -2.36. The van der Waals surface area contributed by atoms with Crippen molar-refractivity contribution in [3.8, 4) is 5.75 Å². The summed E-state index contributed by atoms with van der Waals surface area (Å²) in [5.41, 5.74) is 1.79. The normalized spacial score (nSPS) is 21.2. The third kappa shape index (κ3) is 3.41. The van der Waals surface area contributed by atoms with Crippen LogP contribution in [0.3, 0.4) is 0 Å². The van der Waals surface area contributed by atoms with E-state index in [1.54, 1.807) is 24.3 Å². The van der Waals surface area contributed by atoms with E-state index in [1.165, 1.54) is 0 Å². The summed E-state index contributed by atoms with van der Waals surface area (Å²) in [6.07, 6.45) is 4.45. The molecule has 1 amide bonds. The maximum absolute atomic E-state index is 13.3. The molecule has 2 aromatic carbocycles. The molecule has 3 aromatic rings. The summed E-state index contributed by atoms with van der Waals surface area (Å²) in [4.78, 5) is 26.1. The maximum Gasteiger partial charge on any atom is 0.287 e. The number of amides is 1. The smallest absolute Gasteiger partial charge is 0.287 e. The Morgan fingerprint density at radius 1 is 1.13 bits per heavy atom. The van der Waals surface area contributed by atoms with Crippen molar-refractivity contribution in [3.63, 3.8) is 0 Å². The molecule has 5 nitrogen and oxygen atoms in total. The maximum atomic E-state index is 13.3. The van der Waals surface area contributed by atoms with Crippen molar-refractivity contribution >= 4 is 34.3 Å². The van der Waals surface area contributed by atoms with Crippen molar-refractivity contribution in [1.82, 2.24) is 5.32 Å². The second-order valence-electron chi connectivity index (χ2n) is 8.76. The van der Waals surface area contributed by atoms with E-state index < -0.39 is 5.60 Å². The summed E-state index contributed by atoms with van der Waals surface area (Å²) in [6.45, 7) is 3.74. The molecule has 1 fully saturated rings. The Labute approximate surface area is 185 Å². The highest BCUT2D eigenvalue weighted by Crippen LogP contribution is 2.44. The van der Waals surface area contributed by atoms with E-state index in [0.717, 1.165) is 31.2 Å². The van der Waals surface area contributed by atoms with Gasteiger partial charge in [0.25, 0.3) is 5.91 Å². The largest absolute Gasteiger partial charge is 0.482 e. The highest BCUT2D eigenvalue weighted by Gasteiger charge is 2.40. The van der Waals surface area contributed by atoms with Crippen molar-refractivity contribution < 1.29 is 18.7 Å². The quantitative estimate of drug-likeness (QED) is 0.549. The van der Waals surface area contributed by atoms with Gasteiger partial charge in [-0.2, -0.15) is 0 Å². The molecule has 6 heteroatoms. The van der Waals surface area contributed by atoms with Crippen LogP contribution in [-0.4, -0.2) is 17.7 Å². The lowest BCUT2D eigenvalue weighted by molar-refractivity contribution is 0.0507. The fraction of sp³-hybridized carbons (Fsp3) is 0.360. The number of Topliss-reactive ketones (excluding diaryl/α,β-unsaturated/α-hetero) is 1. The molecule has 5 rings (SSSR count). The summed E-state index contributed by atoms with van der Waals surface area (Å²) < 4.78 is 12.3. The molecule has 0 bridgehead atoms. The minimum absolute atomic E-state index is 0.0315. The zero-order valence-corrected chi connectivity index (χ0v) is 18.3. The number of ketones is 1. The monoisotopic (exact) mass is 437 g/mol. The van der Waals surface area contributed by atoms with Crippen LogP contribution in [0.25, 0.3) is 11.0 Å². The van der Waals surface area contributed by atoms with E-state index in [-0.39, 0.29) is 29.9 Å². The van der Waals surface area contributed by atoms with Crippen LogP contribution in [0.2, 0.25) is 5.02 Å². The Kier molecular flexibility index (Phi) is 4.82. The molecule has 1 unspecified atom stereocenters. The van der Waals surface area contributed by atoms with E-state index >= 15 is 0 Å². The van der Waals surface area contributed by atoms with Gasteiger partial charge in [0.1, 0.15) is 16.9 Å². The van der Waals surface area contributed by atoms with E-state index in [0.29, 0.717) is 32.9 Å². The molecular formula is C25H24ClNO4. The molecule has 0 radical (unpaired) electrons. The SMILES string of the molecule is Cc1c(C(=O)NC2CCCC2)oc2ccc3c(c12)C(=O)CC(C)(c1ccc(Cl)cc1)O3. The first-order chi connectivity index (χ1) is 14.9. The van der Waals surface area contributed by atoms with Crippen LogP contribution >= 0.6 is 11.6 Å². The van der Waals surface area contributed by atoms with Crippen molar-refractivity contribution in [2.45, 2.75) is 57.6 Å². The summed E-state index contributed by atoms with van der Waals surface area (Å²) in [5.74, 6) is 0.530. The molecule has 0 spiro atoms. The van der Waals surface area contributed by atoms with Gasteiger partial charge >= 0.3 is 0 Å². The third-order valence-corrected chi connectivity index (χ3v) is 6.77. The molecule has 1 aromatic heterocycles. The topological polar surface area (TPSA) is 68.5 Å². The number of aryl methyl sites for hydroxylation is 1. The number of nitrogens with one attached hydrogen (secondary N) is 1. The van der Waals surface area contributed by atoms with E-state index in [4.69, 9.17) is 20.8 Å². The van der Waals surface area contributed by atoms with Crippen molar-refractivity contribution in [3.05, 3.63) is 63.9 Å². The standard InChI is InChI=1S/C25H24ClNO4/c1-14-21-19(30-23(14)24(29)27-17-5-3-4-6-17)11-12-20-22(21)18(28)13-25(2,31-20)15-7-9-16(26)10-8-15/h7-12,17H,3-6,13H2,1-2H3,(H,27,29). The molecule has 1 saturated carbocycles. The van der Waals surface area contributed by atoms with Gasteiger partial charge in [-0.05, 0) is 56.5 Å². The van der Waals surface area contributed by atoms with Crippen LogP contribution in [0.5, 0.6) is 5.75 Å². The number of rotatable bonds is 3. The molecule has 1 aliphatic carbocycles. The van der Waals surface area contributed by atoms with Crippen LogP contribution in [-0.2, 0) is 5.60 Å². The summed E-state index contributed by atoms with van der Waals surface area (Å²) in [7, 11) is 0. The van der Waals surface area contributed by atoms with Crippen molar-refractivity contribution in [2.75, 3.05) is 0 Å². The number of benzene rings is 2. The molecule has 1 aliphatic heterocycles. The lowest BCUT2D eigenvalue weighted by Gasteiger charge is -2.35. The Bertz CT molecular complexity index is 1190. The molecule has 2 heterocycles. The second-order valence-corrected chi connectivity index (χ2v) is 9.20. The van der Waals surface area contributed by atoms with Gasteiger partial charge in [0.15, 0.2) is 11.5 Å². The van der Waals surface area contributed by atoms with Gasteiger partial charge in [-0.3, -0.25) is 9.59 Å². The Hall–Kier alpha value is -2.79. The van der Waals surface area contributed by atoms with E-state index in [1.807, 2.05) is 26.0 Å². The van der Waals surface area contributed by atoms with Crippen LogP contribution in [0, 0.1) is 6.92 Å². The van der Waals surface area contributed by atoms with Crippen LogP contribution in [0.4, 0.5) is 0 Å². The first-order valence-electron chi connectivity index (χ1n) is 10.7. The number of carbonyl (C=O) groups is 2. The molecule has 1 N–H and O–H groups in total. The van der Waals surface area contributed by atoms with Crippen LogP contribution in [0.15, 0.2) is 40.8 Å². The van der Waals surface area contributed by atoms with Gasteiger partial charge in [0.05, 0.1) is 12.0 Å². The number of carbonyl (C=O) groups excluding carboxylic acids is 2. The van der Waals surface area contributed by atoms with Crippen molar-refractivity contribution in [1.29, 1.82) is 0 Å². The van der Waals surface area contributed by atoms with Crippen LogP contribution in [0.1, 0.15) is 71.1 Å². The number of hydrogen-bond acceptors (Lipinski definition) is 4. The molecule has 31 heavy (non-hydrogen) atoms. The summed E-state index contributed by atoms with van der Waals surface area (Å²) >= 11 is 6.02. The highest BCUT2D eigenvalue weighted by molar-refractivity contribution is 6.30. The molecular weight excluding hydrogens is 414 g/mol. The zero-order chi connectivity index (χ0) is 21.8. The zero-order valence-electron chi connectivity index (χ0n) is 17.6. The number of hydrogen-bond donors (Lipinski definition) is 1. The predicted molar refractivity (Wildman–Crippen MR) is 119 cm³/mol. The average Bonchev–Trinajstić information content (AvgIpc) is 3.36. The number of ether oxygens (including phenoxy) is 1. The van der Waals surface area contributed by atoms with Gasteiger partial charge < -0.3 is 14.5 Å². The Morgan fingerprint density at radius 3 is 2.55 bits per heavy atom. The number of halogens is 1. The molecule has 2 aliphatic rings. The van der Waals surface area contributed by atoms with Gasteiger partial charge in [-0.1, -0.05) is 36.6 Å². The molecule has 160 valence electrons. The van der Waals surface area contributed by atoms with Gasteiger partial charge in [0.2, 0.25) is 0 Å². The van der Waals surface area contributed by atoms with E-state index in [9.17, 15) is 9.59 Å². The van der Waals surface area contributed by atoms with Gasteiger partial charge in [-0.15, -0.1) is 0 Å². The minimum Gasteiger partial charge on any atom is -0.482 e. The Balaban J connectivity index is 1.53. The fourth-order valence-corrected chi connectivity index (χ4v) is 4.98. The van der Waals surface area contributed by atoms with E-state index in [2.05, 4.69) is 5.32 Å². The lowest BCUT2D eigenvalue weighted by atomic mass is 9.84. The molecule has 0 saturated heterocycles. The average molecular weight is 438 g/mol. The highest BCUT2D eigenvalue weighted by atomic mass is 35.5. The van der Waals surface area contributed by atoms with Crippen LogP contribution < -0.4 is 10.1 Å². The van der Waals surface area contributed by atoms with Crippen molar-refractivity contribution in [2.24, 2.45) is 0 Å². The first kappa shape index (κ1) is 20.1. The fourth-order valence-electron chi connectivity index (χ4n) is 4.86. The first-order valence-corrected chi connectivity index (χ1v) is 11.1. The number of fused-ring (bicyclic) bond motifs is 3. The summed E-state index contributed by atoms with van der Waals surface area (Å²) in [6, 6.07) is 11.1. The number of furan rings is 1. The van der Waals surface area contributed by atoms with Gasteiger partial charge in [0, 0.05) is 22.0 Å². The molecule has 1 atom stereocenters. The summed E-state index contributed by atoms with van der Waals surface area (Å²) in [5, 5.41) is 4.37. The third-order valence-electron chi connectivity index (χ3n) is 6.52. The minimum atomic E-state index is -0.789. The Morgan fingerprint density at radius 2 is 1.84 bits per heavy atom.